The van der Waals surface area contributed by atoms with Crippen molar-refractivity contribution < 1.29 is 9.59 Å². The molecule has 22 heavy (non-hydrogen) atoms. The van der Waals surface area contributed by atoms with Gasteiger partial charge in [-0.25, -0.2) is 4.79 Å². The molecule has 112 valence electrons. The van der Waals surface area contributed by atoms with Crippen molar-refractivity contribution in [2.45, 2.75) is 19.0 Å². The van der Waals surface area contributed by atoms with Gasteiger partial charge in [-0.05, 0) is 11.1 Å². The van der Waals surface area contributed by atoms with Crippen LogP contribution in [0, 0.1) is 0 Å². The number of likely N-dealkylation sites (N-methyl/N-ethyl adjacent to an activating group) is 1. The van der Waals surface area contributed by atoms with Crippen LogP contribution in [-0.4, -0.2) is 34.8 Å². The first-order valence-corrected chi connectivity index (χ1v) is 7.33. The lowest BCUT2D eigenvalue weighted by Gasteiger charge is -2.15. The summed E-state index contributed by atoms with van der Waals surface area (Å²) in [6.07, 6.45) is 0.549. The van der Waals surface area contributed by atoms with Gasteiger partial charge in [0.25, 0.3) is 5.91 Å². The summed E-state index contributed by atoms with van der Waals surface area (Å²) in [4.78, 5) is 27.8. The van der Waals surface area contributed by atoms with E-state index in [2.05, 4.69) is 0 Å². The zero-order chi connectivity index (χ0) is 15.5. The van der Waals surface area contributed by atoms with Crippen molar-refractivity contribution in [2.24, 2.45) is 0 Å². The van der Waals surface area contributed by atoms with E-state index in [9.17, 15) is 9.59 Å². The third kappa shape index (κ3) is 2.72. The van der Waals surface area contributed by atoms with Gasteiger partial charge >= 0.3 is 6.03 Å². The van der Waals surface area contributed by atoms with Gasteiger partial charge in [-0.1, -0.05) is 60.7 Å². The molecule has 0 aliphatic carbocycles. The lowest BCUT2D eigenvalue weighted by Crippen LogP contribution is -2.33. The third-order valence-corrected chi connectivity index (χ3v) is 4.01. The minimum absolute atomic E-state index is 0.125. The monoisotopic (exact) mass is 294 g/mol. The fourth-order valence-corrected chi connectivity index (χ4v) is 2.74. The van der Waals surface area contributed by atoms with Crippen LogP contribution in [0.3, 0.4) is 0 Å². The van der Waals surface area contributed by atoms with Gasteiger partial charge in [-0.2, -0.15) is 0 Å². The van der Waals surface area contributed by atoms with Gasteiger partial charge in [0, 0.05) is 13.5 Å². The molecule has 0 aromatic heterocycles. The molecule has 1 aliphatic rings. The highest BCUT2D eigenvalue weighted by Gasteiger charge is 2.42. The quantitative estimate of drug-likeness (QED) is 0.813. The fourth-order valence-electron chi connectivity index (χ4n) is 2.74. The van der Waals surface area contributed by atoms with Crippen molar-refractivity contribution in [3.8, 4) is 0 Å². The van der Waals surface area contributed by atoms with E-state index in [1.165, 1.54) is 9.80 Å². The lowest BCUT2D eigenvalue weighted by atomic mass is 10.1. The molecule has 0 spiro atoms. The molecule has 0 bridgehead atoms. The number of imide groups is 1. The van der Waals surface area contributed by atoms with Crippen molar-refractivity contribution in [2.75, 3.05) is 7.05 Å². The number of hydrogen-bond donors (Lipinski definition) is 0. The van der Waals surface area contributed by atoms with Crippen molar-refractivity contribution in [3.63, 3.8) is 0 Å². The van der Waals surface area contributed by atoms with Crippen LogP contribution in [0.15, 0.2) is 60.7 Å². The molecule has 1 aliphatic heterocycles. The number of benzene rings is 2. The van der Waals surface area contributed by atoms with E-state index in [4.69, 9.17) is 0 Å². The number of rotatable bonds is 4. The molecule has 1 saturated heterocycles. The lowest BCUT2D eigenvalue weighted by molar-refractivity contribution is -0.128. The molecule has 1 fully saturated rings. The van der Waals surface area contributed by atoms with Crippen molar-refractivity contribution >= 4 is 11.9 Å². The van der Waals surface area contributed by atoms with Crippen LogP contribution < -0.4 is 0 Å². The molecule has 1 heterocycles. The first-order valence-electron chi connectivity index (χ1n) is 7.33. The number of amides is 3. The minimum atomic E-state index is -0.418. The van der Waals surface area contributed by atoms with E-state index < -0.39 is 6.04 Å². The second-order valence-corrected chi connectivity index (χ2v) is 5.51. The highest BCUT2D eigenvalue weighted by molar-refractivity contribution is 6.04. The van der Waals surface area contributed by atoms with E-state index in [1.54, 1.807) is 7.05 Å². The maximum Gasteiger partial charge on any atom is 0.327 e. The Kier molecular flexibility index (Phi) is 3.92. The molecule has 0 saturated carbocycles. The van der Waals surface area contributed by atoms with Crippen LogP contribution in [0.25, 0.3) is 0 Å². The summed E-state index contributed by atoms with van der Waals surface area (Å²) in [5.41, 5.74) is 2.01. The molecule has 1 unspecified atom stereocenters. The molecule has 1 atom stereocenters. The third-order valence-electron chi connectivity index (χ3n) is 4.01. The molecule has 3 amide bonds. The molecule has 4 heteroatoms. The maximum absolute atomic E-state index is 12.6. The molecule has 4 nitrogen and oxygen atoms in total. The van der Waals surface area contributed by atoms with Gasteiger partial charge in [0.1, 0.15) is 6.04 Å². The number of nitrogens with zero attached hydrogens (tertiary/aromatic N) is 2. The van der Waals surface area contributed by atoms with Crippen molar-refractivity contribution in [1.29, 1.82) is 0 Å². The van der Waals surface area contributed by atoms with Crippen LogP contribution >= 0.6 is 0 Å². The van der Waals surface area contributed by atoms with Gasteiger partial charge in [-0.15, -0.1) is 0 Å². The van der Waals surface area contributed by atoms with Gasteiger partial charge in [0.05, 0.1) is 6.54 Å². The van der Waals surface area contributed by atoms with Gasteiger partial charge in [0.15, 0.2) is 0 Å². The summed E-state index contributed by atoms with van der Waals surface area (Å²) in [5.74, 6) is -0.125. The molecule has 3 rings (SSSR count). The van der Waals surface area contributed by atoms with Crippen LogP contribution in [0.2, 0.25) is 0 Å². The van der Waals surface area contributed by atoms with E-state index in [1.807, 2.05) is 60.7 Å². The first kappa shape index (κ1) is 14.3. The number of carbonyl (C=O) groups is 2. The molecule has 0 N–H and O–H groups in total. The standard InChI is InChI=1S/C18H18N2O2/c1-19-16(12-14-8-4-2-5-9-14)17(21)20(18(19)22)13-15-10-6-3-7-11-15/h2-11,16H,12-13H2,1H3. The highest BCUT2D eigenvalue weighted by atomic mass is 16.2. The molecule has 0 radical (unpaired) electrons. The SMILES string of the molecule is CN1C(=O)N(Cc2ccccc2)C(=O)C1Cc1ccccc1. The molecular formula is C18H18N2O2. The zero-order valence-corrected chi connectivity index (χ0v) is 12.5. The van der Waals surface area contributed by atoms with E-state index in [-0.39, 0.29) is 11.9 Å². The predicted octanol–water partition coefficient (Wildman–Crippen LogP) is 2.69. The van der Waals surface area contributed by atoms with Crippen LogP contribution in [0.1, 0.15) is 11.1 Å². The summed E-state index contributed by atoms with van der Waals surface area (Å²) >= 11 is 0. The number of carbonyl (C=O) groups excluding carboxylic acids is 2. The Balaban J connectivity index is 1.77. The normalized spacial score (nSPS) is 18.1. The highest BCUT2D eigenvalue weighted by Crippen LogP contribution is 2.21. The average Bonchev–Trinajstić information content (AvgIpc) is 2.75. The Labute approximate surface area is 130 Å². The van der Waals surface area contributed by atoms with Gasteiger partial charge < -0.3 is 4.90 Å². The second kappa shape index (κ2) is 6.02. The Morgan fingerprint density at radius 1 is 0.864 bits per heavy atom. The maximum atomic E-state index is 12.6. The Bertz CT molecular complexity index is 670. The van der Waals surface area contributed by atoms with E-state index in [0.29, 0.717) is 13.0 Å². The molecular weight excluding hydrogens is 276 g/mol. The average molecular weight is 294 g/mol. The summed E-state index contributed by atoms with van der Waals surface area (Å²) in [7, 11) is 1.69. The molecule has 2 aromatic carbocycles. The summed E-state index contributed by atoms with van der Waals surface area (Å²) in [6.45, 7) is 0.328. The first-order chi connectivity index (χ1) is 10.7. The Hall–Kier alpha value is -2.62. The summed E-state index contributed by atoms with van der Waals surface area (Å²) in [6, 6.07) is 18.7. The predicted molar refractivity (Wildman–Crippen MR) is 84.1 cm³/mol. The smallest absolute Gasteiger partial charge is 0.315 e. The zero-order valence-electron chi connectivity index (χ0n) is 12.5. The second-order valence-electron chi connectivity index (χ2n) is 5.51. The van der Waals surface area contributed by atoms with Crippen molar-refractivity contribution in [1.82, 2.24) is 9.80 Å². The van der Waals surface area contributed by atoms with Gasteiger partial charge in [-0.3, -0.25) is 9.69 Å². The number of urea groups is 1. The minimum Gasteiger partial charge on any atom is -0.315 e. The summed E-state index contributed by atoms with van der Waals surface area (Å²) in [5, 5.41) is 0. The fraction of sp³-hybridized carbons (Fsp3) is 0.222. The Morgan fingerprint density at radius 2 is 1.41 bits per heavy atom. The van der Waals surface area contributed by atoms with Gasteiger partial charge in [0.2, 0.25) is 0 Å². The van der Waals surface area contributed by atoms with Crippen LogP contribution in [0.4, 0.5) is 4.79 Å². The molecule has 2 aromatic rings. The summed E-state index contributed by atoms with van der Waals surface area (Å²) < 4.78 is 0. The van der Waals surface area contributed by atoms with E-state index >= 15 is 0 Å². The number of hydrogen-bond acceptors (Lipinski definition) is 2. The topological polar surface area (TPSA) is 40.6 Å². The van der Waals surface area contributed by atoms with Crippen LogP contribution in [0.5, 0.6) is 0 Å². The Morgan fingerprint density at radius 3 is 2.00 bits per heavy atom. The van der Waals surface area contributed by atoms with Crippen LogP contribution in [-0.2, 0) is 17.8 Å². The largest absolute Gasteiger partial charge is 0.327 e. The van der Waals surface area contributed by atoms with Crippen molar-refractivity contribution in [3.05, 3.63) is 71.8 Å². The van der Waals surface area contributed by atoms with E-state index in [0.717, 1.165) is 11.1 Å².